The van der Waals surface area contributed by atoms with Crippen molar-refractivity contribution in [3.05, 3.63) is 59.7 Å². The average molecular weight is 769 g/mol. The van der Waals surface area contributed by atoms with Crippen molar-refractivity contribution < 1.29 is 48.9 Å². The molecule has 2 aromatic rings. The molecule has 2 rings (SSSR count). The van der Waals surface area contributed by atoms with Gasteiger partial charge in [0.05, 0.1) is 6.04 Å². The summed E-state index contributed by atoms with van der Waals surface area (Å²) in [6.45, 7) is 13.4. The fraction of sp³-hybridized carbons (Fsp3) is 0.513. The van der Waals surface area contributed by atoms with E-state index in [-0.39, 0.29) is 30.2 Å². The number of hydrogen-bond acceptors (Lipinski definition) is 10. The number of carboxylic acid groups (broad SMARTS) is 1. The van der Waals surface area contributed by atoms with E-state index in [4.69, 9.17) is 5.73 Å². The first-order chi connectivity index (χ1) is 25.6. The molecule has 0 bridgehead atoms. The van der Waals surface area contributed by atoms with E-state index in [1.807, 2.05) is 0 Å². The number of aliphatic carboxylic acids is 1. The van der Waals surface area contributed by atoms with Crippen LogP contribution in [0.2, 0.25) is 0 Å². The minimum Gasteiger partial charge on any atom is -0.508 e. The average Bonchev–Trinajstić information content (AvgIpc) is 3.09. The Bertz CT molecular complexity index is 1660. The Balaban J connectivity index is 2.45. The number of nitrogens with two attached hydrogens (primary N) is 1. The summed E-state index contributed by atoms with van der Waals surface area (Å²) in [5.74, 6) is -9.19. The smallest absolute Gasteiger partial charge is 0.326 e. The topological polar surface area (TPSA) is 266 Å². The number of hydrogen-bond donors (Lipinski definition) is 9. The molecule has 0 saturated carbocycles. The highest BCUT2D eigenvalue weighted by molar-refractivity contribution is 6.39. The number of nitrogens with one attached hydrogen (secondary N) is 5. The van der Waals surface area contributed by atoms with Crippen molar-refractivity contribution in [1.29, 1.82) is 0 Å². The SMILES string of the molecule is CC(C)CC(NC(=O)C(NC(=O)C(N)C(C)C)c1cc(O)cc(O)c1)C(=O)NC(Cc1ccccc1)C(=O)C(=O)NC(C(=O)NC(C(=O)O)C(C)C)C(C)C. The predicted octanol–water partition coefficient (Wildman–Crippen LogP) is 1.43. The Morgan fingerprint density at radius 1 is 0.618 bits per heavy atom. The number of rotatable bonds is 20. The first-order valence-electron chi connectivity index (χ1n) is 18.2. The minimum atomic E-state index is -1.53. The molecule has 302 valence electrons. The van der Waals surface area contributed by atoms with Gasteiger partial charge in [-0.2, -0.15) is 0 Å². The van der Waals surface area contributed by atoms with Crippen molar-refractivity contribution in [1.82, 2.24) is 26.6 Å². The molecule has 16 heteroatoms. The Hall–Kier alpha value is -5.51. The van der Waals surface area contributed by atoms with E-state index in [1.54, 1.807) is 85.7 Å². The van der Waals surface area contributed by atoms with E-state index < -0.39 is 101 Å². The van der Waals surface area contributed by atoms with E-state index in [0.717, 1.165) is 18.2 Å². The van der Waals surface area contributed by atoms with Gasteiger partial charge in [0, 0.05) is 12.5 Å². The third-order valence-corrected chi connectivity index (χ3v) is 8.77. The molecule has 6 unspecified atom stereocenters. The van der Waals surface area contributed by atoms with Crippen LogP contribution in [0.4, 0.5) is 0 Å². The van der Waals surface area contributed by atoms with Gasteiger partial charge in [0.25, 0.3) is 5.91 Å². The molecule has 0 spiro atoms. The van der Waals surface area contributed by atoms with E-state index >= 15 is 0 Å². The summed E-state index contributed by atoms with van der Waals surface area (Å²) >= 11 is 0. The van der Waals surface area contributed by atoms with Crippen LogP contribution in [-0.2, 0) is 40.0 Å². The Morgan fingerprint density at radius 2 is 1.16 bits per heavy atom. The van der Waals surface area contributed by atoms with Crippen LogP contribution in [0.3, 0.4) is 0 Å². The van der Waals surface area contributed by atoms with Crippen LogP contribution in [0.15, 0.2) is 48.5 Å². The molecule has 2 aromatic carbocycles. The normalized spacial score (nSPS) is 14.6. The maximum atomic E-state index is 14.0. The summed E-state index contributed by atoms with van der Waals surface area (Å²) in [5.41, 5.74) is 6.59. The third-order valence-electron chi connectivity index (χ3n) is 8.77. The van der Waals surface area contributed by atoms with Crippen molar-refractivity contribution in [2.45, 2.75) is 104 Å². The molecule has 0 saturated heterocycles. The highest BCUT2D eigenvalue weighted by atomic mass is 16.4. The molecule has 0 radical (unpaired) electrons. The molecule has 0 aliphatic rings. The van der Waals surface area contributed by atoms with Crippen LogP contribution in [0.25, 0.3) is 0 Å². The number of ketones is 1. The predicted molar refractivity (Wildman–Crippen MR) is 203 cm³/mol. The number of amides is 5. The van der Waals surface area contributed by atoms with Gasteiger partial charge in [-0.25, -0.2) is 4.79 Å². The molecule has 55 heavy (non-hydrogen) atoms. The number of carboxylic acids is 1. The zero-order valence-corrected chi connectivity index (χ0v) is 32.6. The first-order valence-corrected chi connectivity index (χ1v) is 18.2. The lowest BCUT2D eigenvalue weighted by atomic mass is 9.97. The van der Waals surface area contributed by atoms with Crippen LogP contribution >= 0.6 is 0 Å². The lowest BCUT2D eigenvalue weighted by Gasteiger charge is -2.28. The van der Waals surface area contributed by atoms with E-state index in [1.165, 1.54) is 0 Å². The molecule has 0 heterocycles. The highest BCUT2D eigenvalue weighted by Crippen LogP contribution is 2.26. The van der Waals surface area contributed by atoms with Gasteiger partial charge in [-0.1, -0.05) is 85.7 Å². The summed E-state index contributed by atoms with van der Waals surface area (Å²) in [6.07, 6.45) is -0.105. The number of carbonyl (C=O) groups is 7. The molecular weight excluding hydrogens is 712 g/mol. The summed E-state index contributed by atoms with van der Waals surface area (Å²) in [6, 6.07) is 3.94. The monoisotopic (exact) mass is 768 g/mol. The van der Waals surface area contributed by atoms with Gasteiger partial charge < -0.3 is 47.6 Å². The number of benzene rings is 2. The maximum Gasteiger partial charge on any atom is 0.326 e. The van der Waals surface area contributed by atoms with Crippen molar-refractivity contribution in [3.8, 4) is 11.5 Å². The first kappa shape index (κ1) is 45.6. The lowest BCUT2D eigenvalue weighted by Crippen LogP contribution is -2.59. The zero-order valence-electron chi connectivity index (χ0n) is 32.6. The number of phenolic OH excluding ortho intramolecular Hbond substituents is 2. The van der Waals surface area contributed by atoms with Crippen molar-refractivity contribution in [2.24, 2.45) is 29.4 Å². The van der Waals surface area contributed by atoms with Gasteiger partial charge in [-0.15, -0.1) is 0 Å². The van der Waals surface area contributed by atoms with Gasteiger partial charge in [0.2, 0.25) is 29.4 Å². The Morgan fingerprint density at radius 3 is 1.65 bits per heavy atom. The number of phenols is 2. The van der Waals surface area contributed by atoms with Crippen LogP contribution in [0, 0.1) is 23.7 Å². The Kier molecular flexibility index (Phi) is 17.3. The third kappa shape index (κ3) is 14.0. The number of carbonyl (C=O) groups excluding carboxylic acids is 6. The fourth-order valence-electron chi connectivity index (χ4n) is 5.58. The molecule has 5 amide bonds. The highest BCUT2D eigenvalue weighted by Gasteiger charge is 2.36. The quantitative estimate of drug-likeness (QED) is 0.0870. The standard InChI is InChI=1S/C39H56N6O10/c1-19(2)14-28(42-37(52)32(45-35(50)29(40)20(3)4)24-16-25(46)18-26(47)17-24)34(49)41-27(15-23-12-10-9-11-13-23)33(48)38(53)43-30(21(5)6)36(51)44-31(22(7)8)39(54)55/h9-13,16-22,27-32,46-47H,14-15,40H2,1-8H3,(H,41,49)(H,42,52)(H,43,53)(H,44,51)(H,45,50)(H,54,55). The van der Waals surface area contributed by atoms with E-state index in [0.29, 0.717) is 5.56 Å². The minimum absolute atomic E-state index is 0.0105. The fourth-order valence-corrected chi connectivity index (χ4v) is 5.58. The summed E-state index contributed by atoms with van der Waals surface area (Å²) in [7, 11) is 0. The van der Waals surface area contributed by atoms with E-state index in [2.05, 4.69) is 26.6 Å². The molecule has 0 aliphatic carbocycles. The van der Waals surface area contributed by atoms with Gasteiger partial charge in [0.15, 0.2) is 0 Å². The number of Topliss-reactive ketones (excluding diaryl/α,β-unsaturated/α-hetero) is 1. The molecule has 0 fully saturated rings. The largest absolute Gasteiger partial charge is 0.508 e. The van der Waals surface area contributed by atoms with Crippen LogP contribution < -0.4 is 32.3 Å². The molecular formula is C39H56N6O10. The number of aromatic hydroxyl groups is 2. The van der Waals surface area contributed by atoms with Crippen molar-refractivity contribution >= 4 is 41.3 Å². The van der Waals surface area contributed by atoms with Crippen molar-refractivity contribution in [3.63, 3.8) is 0 Å². The van der Waals surface area contributed by atoms with Gasteiger partial charge in [-0.05, 0) is 53.4 Å². The summed E-state index contributed by atoms with van der Waals surface area (Å²) in [4.78, 5) is 93.1. The second-order valence-corrected chi connectivity index (χ2v) is 15.1. The van der Waals surface area contributed by atoms with Crippen LogP contribution in [0.1, 0.15) is 79.0 Å². The lowest BCUT2D eigenvalue weighted by molar-refractivity contribution is -0.144. The summed E-state index contributed by atoms with van der Waals surface area (Å²) < 4.78 is 0. The zero-order chi connectivity index (χ0) is 41.7. The van der Waals surface area contributed by atoms with Crippen LogP contribution in [0.5, 0.6) is 11.5 Å². The van der Waals surface area contributed by atoms with E-state index in [9.17, 15) is 48.9 Å². The Labute approximate surface area is 321 Å². The second kappa shape index (κ2) is 20.8. The van der Waals surface area contributed by atoms with Gasteiger partial charge in [0.1, 0.15) is 41.7 Å². The molecule has 6 atom stereocenters. The van der Waals surface area contributed by atoms with Crippen LogP contribution in [-0.4, -0.2) is 86.8 Å². The molecule has 0 aliphatic heterocycles. The van der Waals surface area contributed by atoms with Crippen molar-refractivity contribution in [2.75, 3.05) is 0 Å². The van der Waals surface area contributed by atoms with Gasteiger partial charge >= 0.3 is 5.97 Å². The van der Waals surface area contributed by atoms with Gasteiger partial charge in [-0.3, -0.25) is 28.8 Å². The second-order valence-electron chi connectivity index (χ2n) is 15.1. The summed E-state index contributed by atoms with van der Waals surface area (Å²) in [5, 5.41) is 42.4. The molecule has 10 N–H and O–H groups in total. The maximum absolute atomic E-state index is 14.0. The molecule has 0 aromatic heterocycles. The molecule has 16 nitrogen and oxygen atoms in total.